The summed E-state index contributed by atoms with van der Waals surface area (Å²) in [7, 11) is 1.34. The molecule has 0 aliphatic carbocycles. The second-order valence-electron chi connectivity index (χ2n) is 7.49. The standard InChI is InChI=1S/C21H28N6O5/c1-3-32-17(28)14-26(20-18(27(29)30)19(22)23-21(24-20)31-2)13-16-8-6-7-15(11-16)12-25-9-4-5-10-25/h6-8,11H,3-5,9-10,12-14H2,1-2H3,(H2,22,23,24). The van der Waals surface area contributed by atoms with E-state index in [1.807, 2.05) is 24.3 Å². The molecule has 0 amide bonds. The lowest BCUT2D eigenvalue weighted by Gasteiger charge is -2.23. The number of carbonyl (C=O) groups excluding carboxylic acids is 1. The maximum Gasteiger partial charge on any atom is 0.353 e. The number of anilines is 2. The number of nitrogens with two attached hydrogens (primary N) is 1. The number of hydrogen-bond donors (Lipinski definition) is 1. The van der Waals surface area contributed by atoms with Gasteiger partial charge in [-0.2, -0.15) is 9.97 Å². The van der Waals surface area contributed by atoms with Crippen LogP contribution in [0.4, 0.5) is 17.3 Å². The normalized spacial score (nSPS) is 13.7. The highest BCUT2D eigenvalue weighted by molar-refractivity contribution is 5.78. The average molecular weight is 444 g/mol. The molecule has 0 unspecified atom stereocenters. The molecule has 0 atom stereocenters. The summed E-state index contributed by atoms with van der Waals surface area (Å²) in [6.45, 7) is 4.81. The van der Waals surface area contributed by atoms with Gasteiger partial charge < -0.3 is 20.1 Å². The molecule has 1 fully saturated rings. The molecule has 1 aromatic heterocycles. The quantitative estimate of drug-likeness (QED) is 0.329. The first-order valence-corrected chi connectivity index (χ1v) is 10.5. The van der Waals surface area contributed by atoms with Crippen LogP contribution in [0.25, 0.3) is 0 Å². The SMILES string of the molecule is CCOC(=O)CN(Cc1cccc(CN2CCCC2)c1)c1nc(OC)nc(N)c1[N+](=O)[O-]. The van der Waals surface area contributed by atoms with Gasteiger partial charge >= 0.3 is 17.7 Å². The van der Waals surface area contributed by atoms with Gasteiger partial charge in [0.05, 0.1) is 18.6 Å². The minimum Gasteiger partial charge on any atom is -0.467 e. The van der Waals surface area contributed by atoms with E-state index in [-0.39, 0.29) is 37.3 Å². The summed E-state index contributed by atoms with van der Waals surface area (Å²) < 4.78 is 10.1. The molecule has 1 saturated heterocycles. The Labute approximate surface area is 186 Å². The van der Waals surface area contributed by atoms with Crippen LogP contribution in [0.2, 0.25) is 0 Å². The first-order valence-electron chi connectivity index (χ1n) is 10.5. The molecule has 1 aliphatic rings. The van der Waals surface area contributed by atoms with E-state index in [1.165, 1.54) is 24.9 Å². The third kappa shape index (κ3) is 5.82. The van der Waals surface area contributed by atoms with Crippen molar-refractivity contribution < 1.29 is 19.2 Å². The third-order valence-corrected chi connectivity index (χ3v) is 5.13. The predicted molar refractivity (Wildman–Crippen MR) is 118 cm³/mol. The Bertz CT molecular complexity index is 964. The molecule has 1 aromatic carbocycles. The molecule has 2 heterocycles. The molecular formula is C21H28N6O5. The number of esters is 1. The molecule has 0 spiro atoms. The predicted octanol–water partition coefficient (Wildman–Crippen LogP) is 2.14. The van der Waals surface area contributed by atoms with Crippen molar-refractivity contribution in [2.24, 2.45) is 0 Å². The lowest BCUT2D eigenvalue weighted by atomic mass is 10.1. The Morgan fingerprint density at radius 2 is 2.00 bits per heavy atom. The van der Waals surface area contributed by atoms with Crippen LogP contribution in [0.3, 0.4) is 0 Å². The highest BCUT2D eigenvalue weighted by Crippen LogP contribution is 2.33. The van der Waals surface area contributed by atoms with Crippen LogP contribution in [-0.4, -0.2) is 59.1 Å². The monoisotopic (exact) mass is 444 g/mol. The maximum atomic E-state index is 12.3. The van der Waals surface area contributed by atoms with Gasteiger partial charge in [0.1, 0.15) is 6.54 Å². The number of nitro groups is 1. The van der Waals surface area contributed by atoms with E-state index in [9.17, 15) is 14.9 Å². The van der Waals surface area contributed by atoms with E-state index in [0.717, 1.165) is 30.8 Å². The summed E-state index contributed by atoms with van der Waals surface area (Å²) in [5.41, 5.74) is 7.34. The van der Waals surface area contributed by atoms with Crippen molar-refractivity contribution in [3.63, 3.8) is 0 Å². The first kappa shape index (κ1) is 23.2. The highest BCUT2D eigenvalue weighted by Gasteiger charge is 2.29. The van der Waals surface area contributed by atoms with E-state index in [0.29, 0.717) is 0 Å². The average Bonchev–Trinajstić information content (AvgIpc) is 3.25. The molecule has 0 saturated carbocycles. The zero-order valence-electron chi connectivity index (χ0n) is 18.3. The summed E-state index contributed by atoms with van der Waals surface area (Å²) in [5, 5.41) is 11.7. The van der Waals surface area contributed by atoms with Crippen LogP contribution in [0, 0.1) is 10.1 Å². The molecule has 3 rings (SSSR count). The molecule has 172 valence electrons. The fourth-order valence-electron chi connectivity index (χ4n) is 3.74. The maximum absolute atomic E-state index is 12.3. The number of likely N-dealkylation sites (tertiary alicyclic amines) is 1. The van der Waals surface area contributed by atoms with Crippen LogP contribution in [0.15, 0.2) is 24.3 Å². The fourth-order valence-corrected chi connectivity index (χ4v) is 3.74. The summed E-state index contributed by atoms with van der Waals surface area (Å²) in [6, 6.07) is 7.79. The smallest absolute Gasteiger partial charge is 0.353 e. The van der Waals surface area contributed by atoms with Crippen molar-refractivity contribution in [3.8, 4) is 6.01 Å². The van der Waals surface area contributed by atoms with Crippen molar-refractivity contribution in [1.29, 1.82) is 0 Å². The summed E-state index contributed by atoms with van der Waals surface area (Å²) in [5.74, 6) is -0.975. The van der Waals surface area contributed by atoms with E-state index in [2.05, 4.69) is 14.9 Å². The summed E-state index contributed by atoms with van der Waals surface area (Å²) in [6.07, 6.45) is 2.40. The van der Waals surface area contributed by atoms with Crippen LogP contribution in [-0.2, 0) is 22.6 Å². The zero-order chi connectivity index (χ0) is 23.1. The molecule has 2 N–H and O–H groups in total. The second kappa shape index (κ2) is 10.7. The van der Waals surface area contributed by atoms with Gasteiger partial charge in [-0.25, -0.2) is 0 Å². The fraction of sp³-hybridized carbons (Fsp3) is 0.476. The van der Waals surface area contributed by atoms with Gasteiger partial charge in [-0.15, -0.1) is 0 Å². The number of ether oxygens (including phenoxy) is 2. The Morgan fingerprint density at radius 3 is 2.66 bits per heavy atom. The van der Waals surface area contributed by atoms with Crippen LogP contribution >= 0.6 is 0 Å². The Hall–Kier alpha value is -3.47. The number of methoxy groups -OCH3 is 1. The zero-order valence-corrected chi connectivity index (χ0v) is 18.3. The molecule has 11 heteroatoms. The number of nitrogens with zero attached hydrogens (tertiary/aromatic N) is 5. The largest absolute Gasteiger partial charge is 0.467 e. The minimum absolute atomic E-state index is 0.0997. The molecule has 2 aromatic rings. The van der Waals surface area contributed by atoms with Crippen LogP contribution < -0.4 is 15.4 Å². The van der Waals surface area contributed by atoms with Gasteiger partial charge in [-0.1, -0.05) is 24.3 Å². The Balaban J connectivity index is 1.94. The van der Waals surface area contributed by atoms with E-state index in [1.54, 1.807) is 6.92 Å². The number of carbonyl (C=O) groups is 1. The first-order chi connectivity index (χ1) is 15.4. The molecular weight excluding hydrogens is 416 g/mol. The number of nitrogen functional groups attached to an aromatic ring is 1. The van der Waals surface area contributed by atoms with E-state index < -0.39 is 16.6 Å². The molecule has 11 nitrogen and oxygen atoms in total. The number of aromatic nitrogens is 2. The van der Waals surface area contributed by atoms with Crippen LogP contribution in [0.5, 0.6) is 6.01 Å². The van der Waals surface area contributed by atoms with Gasteiger partial charge in [-0.05, 0) is 44.0 Å². The van der Waals surface area contributed by atoms with Gasteiger partial charge in [0, 0.05) is 13.1 Å². The molecule has 0 bridgehead atoms. The Morgan fingerprint density at radius 1 is 1.28 bits per heavy atom. The minimum atomic E-state index is -0.661. The topological polar surface area (TPSA) is 137 Å². The Kier molecular flexibility index (Phi) is 7.77. The second-order valence-corrected chi connectivity index (χ2v) is 7.49. The van der Waals surface area contributed by atoms with Gasteiger partial charge in [-0.3, -0.25) is 19.8 Å². The lowest BCUT2D eigenvalue weighted by molar-refractivity contribution is -0.383. The van der Waals surface area contributed by atoms with Crippen molar-refractivity contribution in [2.45, 2.75) is 32.9 Å². The van der Waals surface area contributed by atoms with Gasteiger partial charge in [0.2, 0.25) is 11.6 Å². The van der Waals surface area contributed by atoms with Crippen molar-refractivity contribution in [1.82, 2.24) is 14.9 Å². The highest BCUT2D eigenvalue weighted by atomic mass is 16.6. The molecule has 0 radical (unpaired) electrons. The van der Waals surface area contributed by atoms with Crippen LogP contribution in [0.1, 0.15) is 30.9 Å². The molecule has 1 aliphatic heterocycles. The van der Waals surface area contributed by atoms with Crippen molar-refractivity contribution in [3.05, 3.63) is 45.5 Å². The van der Waals surface area contributed by atoms with Gasteiger partial charge in [0.15, 0.2) is 0 Å². The van der Waals surface area contributed by atoms with Crippen molar-refractivity contribution in [2.75, 3.05) is 44.0 Å². The number of benzene rings is 1. The number of hydrogen-bond acceptors (Lipinski definition) is 10. The number of rotatable bonds is 10. The van der Waals surface area contributed by atoms with E-state index >= 15 is 0 Å². The third-order valence-electron chi connectivity index (χ3n) is 5.13. The molecule has 32 heavy (non-hydrogen) atoms. The van der Waals surface area contributed by atoms with E-state index in [4.69, 9.17) is 15.2 Å². The van der Waals surface area contributed by atoms with Gasteiger partial charge in [0.25, 0.3) is 0 Å². The summed E-state index contributed by atoms with van der Waals surface area (Å²) >= 11 is 0. The van der Waals surface area contributed by atoms with Crippen molar-refractivity contribution >= 4 is 23.3 Å². The lowest BCUT2D eigenvalue weighted by Crippen LogP contribution is -2.32. The summed E-state index contributed by atoms with van der Waals surface area (Å²) in [4.78, 5) is 35.1.